The Morgan fingerprint density at radius 3 is 3.11 bits per heavy atom. The van der Waals surface area contributed by atoms with E-state index in [0.29, 0.717) is 12.2 Å². The number of amides is 1. The molecule has 1 amide bonds. The Morgan fingerprint density at radius 1 is 1.42 bits per heavy atom. The van der Waals surface area contributed by atoms with Crippen LogP contribution in [0.4, 0.5) is 0 Å². The molecule has 1 atom stereocenters. The van der Waals surface area contributed by atoms with Gasteiger partial charge in [-0.15, -0.1) is 10.2 Å². The van der Waals surface area contributed by atoms with E-state index in [0.717, 1.165) is 24.5 Å². The van der Waals surface area contributed by atoms with Gasteiger partial charge in [-0.3, -0.25) is 9.78 Å². The summed E-state index contributed by atoms with van der Waals surface area (Å²) >= 11 is 0. The zero-order valence-electron chi connectivity index (χ0n) is 10.6. The molecule has 7 nitrogen and oxygen atoms in total. The molecule has 0 fully saturated rings. The standard InChI is InChI=1S/C12H14N6O/c1-8-16-17-11-3-2-9(7-18(8)11)15-12(19)10-6-13-4-5-14-10/h4-6,9H,2-3,7H2,1H3,(H,15,19)/t9-/m0/s1. The highest BCUT2D eigenvalue weighted by atomic mass is 16.1. The van der Waals surface area contributed by atoms with Crippen LogP contribution in [-0.4, -0.2) is 36.7 Å². The van der Waals surface area contributed by atoms with Gasteiger partial charge < -0.3 is 9.88 Å². The van der Waals surface area contributed by atoms with Crippen molar-refractivity contribution in [2.24, 2.45) is 0 Å². The molecular formula is C12H14N6O. The molecule has 2 aromatic rings. The summed E-state index contributed by atoms with van der Waals surface area (Å²) in [5.74, 6) is 1.68. The summed E-state index contributed by atoms with van der Waals surface area (Å²) in [5.41, 5.74) is 0.341. The van der Waals surface area contributed by atoms with Gasteiger partial charge in [0.1, 0.15) is 17.3 Å². The molecule has 3 rings (SSSR count). The van der Waals surface area contributed by atoms with E-state index in [2.05, 4.69) is 25.5 Å². The molecular weight excluding hydrogens is 244 g/mol. The van der Waals surface area contributed by atoms with E-state index in [1.807, 2.05) is 11.5 Å². The van der Waals surface area contributed by atoms with Gasteiger partial charge in [0.15, 0.2) is 0 Å². The predicted molar refractivity (Wildman–Crippen MR) is 66.4 cm³/mol. The Balaban J connectivity index is 1.69. The molecule has 0 saturated carbocycles. The molecule has 1 N–H and O–H groups in total. The minimum atomic E-state index is -0.188. The average Bonchev–Trinajstić information content (AvgIpc) is 2.81. The van der Waals surface area contributed by atoms with E-state index in [1.165, 1.54) is 12.4 Å². The van der Waals surface area contributed by atoms with Crippen LogP contribution in [0.25, 0.3) is 0 Å². The second-order valence-corrected chi connectivity index (χ2v) is 4.57. The molecule has 0 bridgehead atoms. The first-order valence-corrected chi connectivity index (χ1v) is 6.19. The molecule has 0 spiro atoms. The van der Waals surface area contributed by atoms with Gasteiger partial charge >= 0.3 is 0 Å². The number of rotatable bonds is 2. The molecule has 1 aliphatic rings. The van der Waals surface area contributed by atoms with Crippen molar-refractivity contribution < 1.29 is 4.79 Å². The van der Waals surface area contributed by atoms with Gasteiger partial charge in [-0.2, -0.15) is 0 Å². The van der Waals surface area contributed by atoms with Crippen LogP contribution in [0.2, 0.25) is 0 Å². The van der Waals surface area contributed by atoms with Gasteiger partial charge in [-0.25, -0.2) is 4.98 Å². The first-order valence-electron chi connectivity index (χ1n) is 6.19. The number of aryl methyl sites for hydroxylation is 2. The molecule has 2 aromatic heterocycles. The lowest BCUT2D eigenvalue weighted by Gasteiger charge is -2.24. The normalized spacial score (nSPS) is 17.8. The number of aromatic nitrogens is 5. The van der Waals surface area contributed by atoms with Gasteiger partial charge in [0.05, 0.1) is 6.20 Å². The van der Waals surface area contributed by atoms with Crippen LogP contribution in [0, 0.1) is 6.92 Å². The van der Waals surface area contributed by atoms with Gasteiger partial charge in [-0.1, -0.05) is 0 Å². The van der Waals surface area contributed by atoms with Crippen molar-refractivity contribution in [1.29, 1.82) is 0 Å². The minimum absolute atomic E-state index is 0.0803. The van der Waals surface area contributed by atoms with E-state index >= 15 is 0 Å². The molecule has 0 unspecified atom stereocenters. The maximum Gasteiger partial charge on any atom is 0.271 e. The van der Waals surface area contributed by atoms with Gasteiger partial charge in [-0.05, 0) is 13.3 Å². The topological polar surface area (TPSA) is 85.6 Å². The lowest BCUT2D eigenvalue weighted by Crippen LogP contribution is -2.41. The Bertz CT molecular complexity index is 594. The van der Waals surface area contributed by atoms with Crippen molar-refractivity contribution in [3.05, 3.63) is 35.9 Å². The van der Waals surface area contributed by atoms with Crippen LogP contribution >= 0.6 is 0 Å². The first-order chi connectivity index (χ1) is 9.24. The van der Waals surface area contributed by atoms with Crippen LogP contribution in [0.1, 0.15) is 28.6 Å². The van der Waals surface area contributed by atoms with Gasteiger partial charge in [0.25, 0.3) is 5.91 Å². The molecule has 7 heteroatoms. The molecule has 0 saturated heterocycles. The van der Waals surface area contributed by atoms with Crippen LogP contribution in [0.3, 0.4) is 0 Å². The zero-order valence-corrected chi connectivity index (χ0v) is 10.6. The van der Waals surface area contributed by atoms with Crippen molar-refractivity contribution >= 4 is 5.91 Å². The third kappa shape index (κ3) is 2.31. The quantitative estimate of drug-likeness (QED) is 0.827. The summed E-state index contributed by atoms with van der Waals surface area (Å²) in [5, 5.41) is 11.1. The Morgan fingerprint density at radius 2 is 2.32 bits per heavy atom. The zero-order chi connectivity index (χ0) is 13.2. The minimum Gasteiger partial charge on any atom is -0.346 e. The monoisotopic (exact) mass is 258 g/mol. The van der Waals surface area contributed by atoms with Crippen molar-refractivity contribution in [3.8, 4) is 0 Å². The van der Waals surface area contributed by atoms with Crippen molar-refractivity contribution in [2.75, 3.05) is 0 Å². The fourth-order valence-corrected chi connectivity index (χ4v) is 2.26. The van der Waals surface area contributed by atoms with Crippen LogP contribution in [0.5, 0.6) is 0 Å². The SMILES string of the molecule is Cc1nnc2n1C[C@@H](NC(=O)c1cnccn1)CC2. The van der Waals surface area contributed by atoms with Crippen LogP contribution in [0.15, 0.2) is 18.6 Å². The summed E-state index contributed by atoms with van der Waals surface area (Å²) in [6, 6.07) is 0.0803. The fraction of sp³-hybridized carbons (Fsp3) is 0.417. The van der Waals surface area contributed by atoms with E-state index in [4.69, 9.17) is 0 Å². The summed E-state index contributed by atoms with van der Waals surface area (Å²) in [6.45, 7) is 2.63. The van der Waals surface area contributed by atoms with Crippen LogP contribution in [-0.2, 0) is 13.0 Å². The smallest absolute Gasteiger partial charge is 0.271 e. The number of carbonyl (C=O) groups is 1. The number of nitrogens with one attached hydrogen (secondary N) is 1. The van der Waals surface area contributed by atoms with E-state index in [9.17, 15) is 4.79 Å². The number of fused-ring (bicyclic) bond motifs is 1. The molecule has 0 aromatic carbocycles. The molecule has 1 aliphatic heterocycles. The molecule has 98 valence electrons. The third-order valence-electron chi connectivity index (χ3n) is 3.26. The number of hydrogen-bond donors (Lipinski definition) is 1. The molecule has 0 radical (unpaired) electrons. The Kier molecular flexibility index (Phi) is 2.94. The highest BCUT2D eigenvalue weighted by Gasteiger charge is 2.23. The average molecular weight is 258 g/mol. The Labute approximate surface area is 110 Å². The van der Waals surface area contributed by atoms with Gasteiger partial charge in [0.2, 0.25) is 0 Å². The summed E-state index contributed by atoms with van der Waals surface area (Å²) in [6.07, 6.45) is 6.21. The highest BCUT2D eigenvalue weighted by molar-refractivity contribution is 5.92. The second kappa shape index (κ2) is 4.75. The summed E-state index contributed by atoms with van der Waals surface area (Å²) in [7, 11) is 0. The summed E-state index contributed by atoms with van der Waals surface area (Å²) in [4.78, 5) is 19.9. The number of nitrogens with zero attached hydrogens (tertiary/aromatic N) is 5. The van der Waals surface area contributed by atoms with E-state index < -0.39 is 0 Å². The Hall–Kier alpha value is -2.31. The molecule has 19 heavy (non-hydrogen) atoms. The third-order valence-corrected chi connectivity index (χ3v) is 3.26. The lowest BCUT2D eigenvalue weighted by molar-refractivity contribution is 0.0922. The maximum atomic E-state index is 12.0. The van der Waals surface area contributed by atoms with Gasteiger partial charge in [0, 0.05) is 31.4 Å². The highest BCUT2D eigenvalue weighted by Crippen LogP contribution is 2.14. The molecule has 0 aliphatic carbocycles. The molecule has 3 heterocycles. The fourth-order valence-electron chi connectivity index (χ4n) is 2.26. The van der Waals surface area contributed by atoms with E-state index in [1.54, 1.807) is 6.20 Å². The number of hydrogen-bond acceptors (Lipinski definition) is 5. The van der Waals surface area contributed by atoms with Crippen molar-refractivity contribution in [3.63, 3.8) is 0 Å². The van der Waals surface area contributed by atoms with Crippen molar-refractivity contribution in [2.45, 2.75) is 32.4 Å². The summed E-state index contributed by atoms with van der Waals surface area (Å²) < 4.78 is 2.05. The predicted octanol–water partition coefficient (Wildman–Crippen LogP) is 0.121. The largest absolute Gasteiger partial charge is 0.346 e. The van der Waals surface area contributed by atoms with E-state index in [-0.39, 0.29) is 11.9 Å². The lowest BCUT2D eigenvalue weighted by atomic mass is 10.1. The number of carbonyl (C=O) groups excluding carboxylic acids is 1. The van der Waals surface area contributed by atoms with Crippen molar-refractivity contribution in [1.82, 2.24) is 30.0 Å². The van der Waals surface area contributed by atoms with Crippen LogP contribution < -0.4 is 5.32 Å². The maximum absolute atomic E-state index is 12.0. The first kappa shape index (κ1) is 11.8. The second-order valence-electron chi connectivity index (χ2n) is 4.57.